The second kappa shape index (κ2) is 5.29. The molecule has 1 aromatic rings. The van der Waals surface area contributed by atoms with Gasteiger partial charge < -0.3 is 5.32 Å². The lowest BCUT2D eigenvalue weighted by molar-refractivity contribution is 0.704. The van der Waals surface area contributed by atoms with Gasteiger partial charge in [0.15, 0.2) is 0 Å². The first-order valence-electron chi connectivity index (χ1n) is 4.77. The van der Waals surface area contributed by atoms with Crippen LogP contribution in [-0.2, 0) is 0 Å². The van der Waals surface area contributed by atoms with Crippen LogP contribution in [0.15, 0.2) is 12.4 Å². The normalized spacial score (nSPS) is 14.9. The van der Waals surface area contributed by atoms with Crippen molar-refractivity contribution in [2.24, 2.45) is 0 Å². The van der Waals surface area contributed by atoms with Crippen LogP contribution in [0.4, 0.5) is 5.82 Å². The molecule has 2 atom stereocenters. The van der Waals surface area contributed by atoms with Crippen molar-refractivity contribution in [3.63, 3.8) is 0 Å². The van der Waals surface area contributed by atoms with Gasteiger partial charge in [-0.3, -0.25) is 0 Å². The molecule has 0 bridgehead atoms. The zero-order valence-corrected chi connectivity index (χ0v) is 10.4. The van der Waals surface area contributed by atoms with Crippen molar-refractivity contribution < 1.29 is 0 Å². The Kier molecular flexibility index (Phi) is 4.32. The van der Waals surface area contributed by atoms with Gasteiger partial charge in [-0.15, -0.1) is 0 Å². The fourth-order valence-electron chi connectivity index (χ4n) is 1.33. The van der Waals surface area contributed by atoms with E-state index in [1.807, 2.05) is 13.0 Å². The highest BCUT2D eigenvalue weighted by Crippen LogP contribution is 2.11. The summed E-state index contributed by atoms with van der Waals surface area (Å²) in [5, 5.41) is 3.33. The summed E-state index contributed by atoms with van der Waals surface area (Å²) in [6.45, 7) is 6.25. The highest BCUT2D eigenvalue weighted by Gasteiger charge is 2.06. The molecule has 0 radical (unpaired) electrons. The van der Waals surface area contributed by atoms with Gasteiger partial charge in [0.2, 0.25) is 0 Å². The third kappa shape index (κ3) is 4.05. The largest absolute Gasteiger partial charge is 0.367 e. The van der Waals surface area contributed by atoms with Gasteiger partial charge in [-0.1, -0.05) is 22.9 Å². The van der Waals surface area contributed by atoms with Gasteiger partial charge in [-0.2, -0.15) is 0 Å². The summed E-state index contributed by atoms with van der Waals surface area (Å²) in [6, 6.07) is 2.37. The van der Waals surface area contributed by atoms with Crippen LogP contribution in [0.2, 0.25) is 0 Å². The van der Waals surface area contributed by atoms with E-state index in [-0.39, 0.29) is 0 Å². The van der Waals surface area contributed by atoms with Gasteiger partial charge in [-0.25, -0.2) is 9.97 Å². The number of aromatic nitrogens is 2. The Morgan fingerprint density at radius 2 is 2.14 bits per heavy atom. The van der Waals surface area contributed by atoms with E-state index in [0.717, 1.165) is 17.9 Å². The molecule has 1 aromatic heterocycles. The minimum atomic E-state index is 0.415. The van der Waals surface area contributed by atoms with Gasteiger partial charge in [0, 0.05) is 22.6 Å². The molecule has 4 heteroatoms. The van der Waals surface area contributed by atoms with E-state index >= 15 is 0 Å². The van der Waals surface area contributed by atoms with E-state index in [4.69, 9.17) is 0 Å². The number of rotatable bonds is 4. The quantitative estimate of drug-likeness (QED) is 0.844. The molecule has 1 rings (SSSR count). The maximum Gasteiger partial charge on any atom is 0.129 e. The highest BCUT2D eigenvalue weighted by molar-refractivity contribution is 9.09. The molecule has 0 aliphatic rings. The van der Waals surface area contributed by atoms with E-state index in [9.17, 15) is 0 Å². The summed E-state index contributed by atoms with van der Waals surface area (Å²) >= 11 is 3.53. The van der Waals surface area contributed by atoms with Crippen LogP contribution in [0, 0.1) is 6.92 Å². The lowest BCUT2D eigenvalue weighted by atomic mass is 10.2. The second-order valence-electron chi connectivity index (χ2n) is 3.61. The molecule has 1 heterocycles. The molecule has 0 saturated heterocycles. The van der Waals surface area contributed by atoms with Crippen molar-refractivity contribution in [1.29, 1.82) is 0 Å². The van der Waals surface area contributed by atoms with Gasteiger partial charge in [0.25, 0.3) is 0 Å². The van der Waals surface area contributed by atoms with Crippen LogP contribution in [0.25, 0.3) is 0 Å². The third-order valence-electron chi connectivity index (χ3n) is 1.88. The van der Waals surface area contributed by atoms with Crippen LogP contribution < -0.4 is 5.32 Å². The fraction of sp³-hybridized carbons (Fsp3) is 0.600. The van der Waals surface area contributed by atoms with Crippen LogP contribution in [0.3, 0.4) is 0 Å². The van der Waals surface area contributed by atoms with Crippen molar-refractivity contribution in [2.75, 3.05) is 5.32 Å². The van der Waals surface area contributed by atoms with Gasteiger partial charge in [0.1, 0.15) is 12.1 Å². The standard InChI is InChI=1S/C10H16BrN3/c1-7(11)4-9(3)14-10-5-8(2)12-6-13-10/h5-7,9H,4H2,1-3H3,(H,12,13,14). The van der Waals surface area contributed by atoms with Crippen LogP contribution >= 0.6 is 15.9 Å². The average Bonchev–Trinajstić information content (AvgIpc) is 2.01. The molecule has 3 nitrogen and oxygen atoms in total. The molecule has 2 unspecified atom stereocenters. The fourth-order valence-corrected chi connectivity index (χ4v) is 1.89. The lowest BCUT2D eigenvalue weighted by Crippen LogP contribution is -2.19. The molecule has 0 fully saturated rings. The molecular formula is C10H16BrN3. The molecule has 0 aliphatic heterocycles. The first kappa shape index (κ1) is 11.4. The SMILES string of the molecule is Cc1cc(NC(C)CC(C)Br)ncn1. The zero-order chi connectivity index (χ0) is 10.6. The molecule has 14 heavy (non-hydrogen) atoms. The monoisotopic (exact) mass is 257 g/mol. The van der Waals surface area contributed by atoms with Crippen molar-refractivity contribution in [2.45, 2.75) is 38.1 Å². The Hall–Kier alpha value is -0.640. The third-order valence-corrected chi connectivity index (χ3v) is 2.25. The number of nitrogens with one attached hydrogen (secondary N) is 1. The molecule has 0 aliphatic carbocycles. The molecule has 78 valence electrons. The number of anilines is 1. The summed E-state index contributed by atoms with van der Waals surface area (Å²) in [4.78, 5) is 8.72. The lowest BCUT2D eigenvalue weighted by Gasteiger charge is -2.15. The first-order chi connectivity index (χ1) is 6.58. The minimum absolute atomic E-state index is 0.415. The number of alkyl halides is 1. The predicted molar refractivity (Wildman–Crippen MR) is 62.9 cm³/mol. The Bertz CT molecular complexity index is 288. The zero-order valence-electron chi connectivity index (χ0n) is 8.79. The molecular weight excluding hydrogens is 242 g/mol. The van der Waals surface area contributed by atoms with Crippen molar-refractivity contribution >= 4 is 21.7 Å². The van der Waals surface area contributed by atoms with E-state index < -0.39 is 0 Å². The Balaban J connectivity index is 2.51. The summed E-state index contributed by atoms with van der Waals surface area (Å²) < 4.78 is 0. The van der Waals surface area contributed by atoms with E-state index in [1.165, 1.54) is 0 Å². The van der Waals surface area contributed by atoms with Gasteiger partial charge in [0.05, 0.1) is 0 Å². The predicted octanol–water partition coefficient (Wildman–Crippen LogP) is 2.76. The topological polar surface area (TPSA) is 37.8 Å². The number of nitrogens with zero attached hydrogens (tertiary/aromatic N) is 2. The van der Waals surface area contributed by atoms with Gasteiger partial charge in [-0.05, 0) is 20.3 Å². The highest BCUT2D eigenvalue weighted by atomic mass is 79.9. The summed E-state index contributed by atoms with van der Waals surface area (Å²) in [5.74, 6) is 0.901. The van der Waals surface area contributed by atoms with E-state index in [0.29, 0.717) is 10.9 Å². The summed E-state index contributed by atoms with van der Waals surface area (Å²) in [7, 11) is 0. The molecule has 0 amide bonds. The number of hydrogen-bond donors (Lipinski definition) is 1. The maximum absolute atomic E-state index is 4.15. The van der Waals surface area contributed by atoms with Crippen LogP contribution in [0.1, 0.15) is 26.0 Å². The van der Waals surface area contributed by atoms with E-state index in [1.54, 1.807) is 6.33 Å². The first-order valence-corrected chi connectivity index (χ1v) is 5.68. The Labute approximate surface area is 93.5 Å². The summed E-state index contributed by atoms with van der Waals surface area (Å²) in [6.07, 6.45) is 2.66. The average molecular weight is 258 g/mol. The number of halogens is 1. The van der Waals surface area contributed by atoms with Crippen LogP contribution in [0.5, 0.6) is 0 Å². The Morgan fingerprint density at radius 3 is 2.71 bits per heavy atom. The molecule has 1 N–H and O–H groups in total. The second-order valence-corrected chi connectivity index (χ2v) is 5.17. The molecule has 0 spiro atoms. The smallest absolute Gasteiger partial charge is 0.129 e. The number of hydrogen-bond acceptors (Lipinski definition) is 3. The van der Waals surface area contributed by atoms with Crippen molar-refractivity contribution in [3.05, 3.63) is 18.1 Å². The Morgan fingerprint density at radius 1 is 1.43 bits per heavy atom. The van der Waals surface area contributed by atoms with Crippen molar-refractivity contribution in [1.82, 2.24) is 9.97 Å². The van der Waals surface area contributed by atoms with E-state index in [2.05, 4.69) is 45.1 Å². The van der Waals surface area contributed by atoms with Crippen LogP contribution in [-0.4, -0.2) is 20.8 Å². The number of aryl methyl sites for hydroxylation is 1. The van der Waals surface area contributed by atoms with Gasteiger partial charge >= 0.3 is 0 Å². The molecule has 0 saturated carbocycles. The summed E-state index contributed by atoms with van der Waals surface area (Å²) in [5.41, 5.74) is 0.988. The van der Waals surface area contributed by atoms with Crippen molar-refractivity contribution in [3.8, 4) is 0 Å². The maximum atomic E-state index is 4.15. The minimum Gasteiger partial charge on any atom is -0.367 e. The molecule has 0 aromatic carbocycles.